The summed E-state index contributed by atoms with van der Waals surface area (Å²) < 4.78 is 14.5. The van der Waals surface area contributed by atoms with Gasteiger partial charge in [0.25, 0.3) is 0 Å². The third-order valence-corrected chi connectivity index (χ3v) is 11.9. The van der Waals surface area contributed by atoms with E-state index in [-0.39, 0.29) is 17.6 Å². The summed E-state index contributed by atoms with van der Waals surface area (Å²) in [5, 5.41) is 5.16. The average molecular weight is 525 g/mol. The van der Waals surface area contributed by atoms with E-state index in [9.17, 15) is 0 Å². The lowest BCUT2D eigenvalue weighted by molar-refractivity contribution is 0.00841. The van der Waals surface area contributed by atoms with Gasteiger partial charge in [-0.3, -0.25) is 0 Å². The number of hydrogen-bond donors (Lipinski definition) is 0. The molecule has 4 aromatic rings. The third-order valence-electron chi connectivity index (χ3n) is 7.93. The van der Waals surface area contributed by atoms with Crippen LogP contribution < -0.4 is 21.2 Å². The first-order valence-corrected chi connectivity index (χ1v) is 16.0. The summed E-state index contributed by atoms with van der Waals surface area (Å²) in [4.78, 5) is 0. The fourth-order valence-corrected chi connectivity index (χ4v) is 10.1. The van der Waals surface area contributed by atoms with Gasteiger partial charge in [-0.1, -0.05) is 134 Å². The lowest BCUT2D eigenvalue weighted by Crippen LogP contribution is -2.41. The Morgan fingerprint density at radius 1 is 0.459 bits per heavy atom. The summed E-state index contributed by atoms with van der Waals surface area (Å²) in [5.74, 6) is 0. The Hall–Kier alpha value is -2.34. The van der Waals surface area contributed by atoms with Crippen molar-refractivity contribution in [2.24, 2.45) is 5.41 Å². The van der Waals surface area contributed by atoms with E-state index in [1.54, 1.807) is 0 Å². The highest BCUT2D eigenvalue weighted by molar-refractivity contribution is 7.68. The molecular weight excluding hydrogens is 490 g/mol. The molecule has 4 aromatic carbocycles. The quantitative estimate of drug-likeness (QED) is 0.227. The molecule has 0 radical (unpaired) electrons. The minimum atomic E-state index is -0.881. The number of hydrogen-bond acceptors (Lipinski definition) is 2. The van der Waals surface area contributed by atoms with Gasteiger partial charge in [0.05, 0.1) is 28.5 Å². The Morgan fingerprint density at radius 3 is 1.05 bits per heavy atom. The van der Waals surface area contributed by atoms with E-state index in [1.807, 2.05) is 0 Å². The maximum Gasteiger partial charge on any atom is 0.0921 e. The van der Waals surface area contributed by atoms with E-state index in [4.69, 9.17) is 9.05 Å². The van der Waals surface area contributed by atoms with Crippen LogP contribution in [0.3, 0.4) is 0 Å². The maximum atomic E-state index is 7.24. The topological polar surface area (TPSA) is 18.5 Å². The van der Waals surface area contributed by atoms with Crippen molar-refractivity contribution >= 4 is 37.5 Å². The Labute approximate surface area is 223 Å². The molecule has 1 spiro atoms. The molecule has 0 N–H and O–H groups in total. The molecule has 6 rings (SSSR count). The van der Waals surface area contributed by atoms with Crippen LogP contribution in [0, 0.1) is 5.41 Å². The molecule has 0 aromatic heterocycles. The standard InChI is InChI=1S/C33H34O2P2/c1-5-15-27(16-6-1)36(28-17-7-2-8-18-28)34-31-23-13-25-33(31)26-14-24-32(33)35-37(29-19-9-3-10-20-29)30-21-11-4-12-22-30/h1-12,15-22,31-32H,13-14,23-26H2/t31-,32+,33-/m0/s1. The largest absolute Gasteiger partial charge is 0.346 e. The molecule has 188 valence electrons. The predicted molar refractivity (Wildman–Crippen MR) is 158 cm³/mol. The zero-order valence-corrected chi connectivity index (χ0v) is 22.9. The maximum absolute atomic E-state index is 7.24. The molecule has 0 unspecified atom stereocenters. The summed E-state index contributed by atoms with van der Waals surface area (Å²) in [7, 11) is -1.76. The van der Waals surface area contributed by atoms with Gasteiger partial charge in [-0.05, 0) is 25.7 Å². The molecule has 2 aliphatic rings. The van der Waals surface area contributed by atoms with Crippen LogP contribution in [-0.4, -0.2) is 12.2 Å². The highest BCUT2D eigenvalue weighted by Crippen LogP contribution is 2.58. The molecule has 4 heteroatoms. The van der Waals surface area contributed by atoms with Crippen LogP contribution >= 0.6 is 16.3 Å². The monoisotopic (exact) mass is 524 g/mol. The SMILES string of the molecule is c1ccc(P(O[C@H]2CCC[C@]23CCC[C@H]3OP(c2ccccc2)c2ccccc2)c2ccccc2)cc1. The first kappa shape index (κ1) is 25.0. The Balaban J connectivity index is 1.31. The normalized spacial score (nSPS) is 23.3. The zero-order chi connectivity index (χ0) is 24.9. The first-order chi connectivity index (χ1) is 18.3. The molecule has 0 heterocycles. The second-order valence-electron chi connectivity index (χ2n) is 10.1. The Kier molecular flexibility index (Phi) is 7.82. The van der Waals surface area contributed by atoms with E-state index < -0.39 is 16.3 Å². The summed E-state index contributed by atoms with van der Waals surface area (Å²) in [6.07, 6.45) is 7.49. The summed E-state index contributed by atoms with van der Waals surface area (Å²) in [6.45, 7) is 0. The highest BCUT2D eigenvalue weighted by Gasteiger charge is 2.54. The van der Waals surface area contributed by atoms with Crippen molar-refractivity contribution in [2.75, 3.05) is 0 Å². The van der Waals surface area contributed by atoms with Crippen LogP contribution in [0.5, 0.6) is 0 Å². The molecule has 0 amide bonds. The van der Waals surface area contributed by atoms with Gasteiger partial charge in [0.15, 0.2) is 0 Å². The highest BCUT2D eigenvalue weighted by atomic mass is 31.1. The molecule has 2 saturated carbocycles. The molecule has 3 atom stereocenters. The molecule has 37 heavy (non-hydrogen) atoms. The van der Waals surface area contributed by atoms with Gasteiger partial charge in [0.2, 0.25) is 0 Å². The average Bonchev–Trinajstić information content (AvgIpc) is 3.58. The lowest BCUT2D eigenvalue weighted by Gasteiger charge is -2.40. The fraction of sp³-hybridized carbons (Fsp3) is 0.273. The second kappa shape index (κ2) is 11.6. The summed E-state index contributed by atoms with van der Waals surface area (Å²) in [6, 6.07) is 43.3. The lowest BCUT2D eigenvalue weighted by atomic mass is 9.80. The van der Waals surface area contributed by atoms with Gasteiger partial charge >= 0.3 is 0 Å². The van der Waals surface area contributed by atoms with Crippen LogP contribution in [0.4, 0.5) is 0 Å². The molecule has 2 nitrogen and oxygen atoms in total. The van der Waals surface area contributed by atoms with E-state index in [0.717, 1.165) is 12.8 Å². The van der Waals surface area contributed by atoms with Crippen LogP contribution in [0.15, 0.2) is 121 Å². The molecule has 2 fully saturated rings. The smallest absolute Gasteiger partial charge is 0.0921 e. The first-order valence-electron chi connectivity index (χ1n) is 13.5. The van der Waals surface area contributed by atoms with Crippen molar-refractivity contribution in [1.82, 2.24) is 0 Å². The van der Waals surface area contributed by atoms with Crippen LogP contribution in [-0.2, 0) is 9.05 Å². The van der Waals surface area contributed by atoms with E-state index >= 15 is 0 Å². The van der Waals surface area contributed by atoms with Gasteiger partial charge in [0.1, 0.15) is 0 Å². The van der Waals surface area contributed by atoms with E-state index in [2.05, 4.69) is 121 Å². The van der Waals surface area contributed by atoms with E-state index in [0.29, 0.717) is 0 Å². The third kappa shape index (κ3) is 5.32. The zero-order valence-electron chi connectivity index (χ0n) is 21.2. The summed E-state index contributed by atoms with van der Waals surface area (Å²) >= 11 is 0. The van der Waals surface area contributed by atoms with Crippen molar-refractivity contribution < 1.29 is 9.05 Å². The van der Waals surface area contributed by atoms with Crippen molar-refractivity contribution in [2.45, 2.75) is 50.7 Å². The van der Waals surface area contributed by atoms with Gasteiger partial charge in [-0.15, -0.1) is 0 Å². The fourth-order valence-electron chi connectivity index (χ4n) is 6.15. The second-order valence-corrected chi connectivity index (χ2v) is 13.8. The molecular formula is C33H34O2P2. The van der Waals surface area contributed by atoms with Gasteiger partial charge in [-0.2, -0.15) is 0 Å². The summed E-state index contributed by atoms with van der Waals surface area (Å²) in [5.41, 5.74) is 0.0916. The van der Waals surface area contributed by atoms with Crippen LogP contribution in [0.1, 0.15) is 38.5 Å². The van der Waals surface area contributed by atoms with Crippen molar-refractivity contribution in [3.05, 3.63) is 121 Å². The van der Waals surface area contributed by atoms with Crippen molar-refractivity contribution in [3.63, 3.8) is 0 Å². The molecule has 2 aliphatic carbocycles. The van der Waals surface area contributed by atoms with Crippen molar-refractivity contribution in [1.29, 1.82) is 0 Å². The molecule has 0 bridgehead atoms. The van der Waals surface area contributed by atoms with Crippen LogP contribution in [0.2, 0.25) is 0 Å². The predicted octanol–water partition coefficient (Wildman–Crippen LogP) is 7.21. The number of rotatable bonds is 8. The van der Waals surface area contributed by atoms with E-state index in [1.165, 1.54) is 46.9 Å². The van der Waals surface area contributed by atoms with Gasteiger partial charge in [0, 0.05) is 26.6 Å². The van der Waals surface area contributed by atoms with Gasteiger partial charge in [-0.25, -0.2) is 0 Å². The molecule has 0 aliphatic heterocycles. The van der Waals surface area contributed by atoms with Crippen LogP contribution in [0.25, 0.3) is 0 Å². The number of benzene rings is 4. The minimum absolute atomic E-state index is 0.0916. The molecule has 0 saturated heterocycles. The minimum Gasteiger partial charge on any atom is -0.346 e. The Bertz CT molecular complexity index is 1070. The Morgan fingerprint density at radius 2 is 0.757 bits per heavy atom. The van der Waals surface area contributed by atoms with Crippen molar-refractivity contribution in [3.8, 4) is 0 Å². The van der Waals surface area contributed by atoms with Gasteiger partial charge < -0.3 is 9.05 Å².